The molecule has 3 nitrogen and oxygen atoms in total. The summed E-state index contributed by atoms with van der Waals surface area (Å²) in [5.41, 5.74) is 7.95. The van der Waals surface area contributed by atoms with Crippen molar-refractivity contribution in [1.82, 2.24) is 5.32 Å². The molecule has 0 aromatic heterocycles. The first-order chi connectivity index (χ1) is 9.49. The molecule has 1 unspecified atom stereocenters. The van der Waals surface area contributed by atoms with Gasteiger partial charge in [0.2, 0.25) is 0 Å². The molecule has 5 heteroatoms. The number of carbonyl (C=O) groups is 1. The number of anilines is 1. The second-order valence-corrected chi connectivity index (χ2v) is 5.74. The molecule has 0 radical (unpaired) electrons. The van der Waals surface area contributed by atoms with Crippen molar-refractivity contribution in [2.75, 3.05) is 5.73 Å². The van der Waals surface area contributed by atoms with Crippen LogP contribution in [-0.2, 0) is 0 Å². The van der Waals surface area contributed by atoms with Crippen molar-refractivity contribution in [2.24, 2.45) is 0 Å². The normalized spacial score (nSPS) is 11.9. The Morgan fingerprint density at radius 1 is 1.30 bits per heavy atom. The van der Waals surface area contributed by atoms with E-state index in [-0.39, 0.29) is 11.9 Å². The maximum absolute atomic E-state index is 12.3. The Labute approximate surface area is 131 Å². The molecule has 1 atom stereocenters. The SMILES string of the molecule is CC(NC(=O)c1cc(Cl)ccc1Br)c1ccccc1N. The predicted octanol–water partition coefficient (Wildman–Crippen LogP) is 4.18. The maximum Gasteiger partial charge on any atom is 0.252 e. The molecule has 2 aromatic carbocycles. The van der Waals surface area contributed by atoms with E-state index < -0.39 is 0 Å². The highest BCUT2D eigenvalue weighted by Gasteiger charge is 2.15. The zero-order valence-electron chi connectivity index (χ0n) is 10.9. The minimum Gasteiger partial charge on any atom is -0.398 e. The Morgan fingerprint density at radius 3 is 2.70 bits per heavy atom. The lowest BCUT2D eigenvalue weighted by atomic mass is 10.1. The Kier molecular flexibility index (Phi) is 4.68. The zero-order chi connectivity index (χ0) is 14.7. The molecule has 0 bridgehead atoms. The lowest BCUT2D eigenvalue weighted by Gasteiger charge is -2.17. The molecule has 0 aliphatic carbocycles. The lowest BCUT2D eigenvalue weighted by Crippen LogP contribution is -2.27. The summed E-state index contributed by atoms with van der Waals surface area (Å²) >= 11 is 9.27. The summed E-state index contributed by atoms with van der Waals surface area (Å²) < 4.78 is 0.702. The second-order valence-electron chi connectivity index (χ2n) is 4.45. The molecule has 104 valence electrons. The minimum absolute atomic E-state index is 0.186. The number of nitrogens with one attached hydrogen (secondary N) is 1. The molecular formula is C15H14BrClN2O. The molecule has 0 saturated heterocycles. The molecule has 0 aliphatic rings. The number of benzene rings is 2. The highest BCUT2D eigenvalue weighted by molar-refractivity contribution is 9.10. The summed E-state index contributed by atoms with van der Waals surface area (Å²) in [5, 5.41) is 3.43. The largest absolute Gasteiger partial charge is 0.398 e. The molecule has 2 aromatic rings. The molecule has 0 aliphatic heterocycles. The molecule has 0 spiro atoms. The fourth-order valence-electron chi connectivity index (χ4n) is 1.93. The molecule has 2 rings (SSSR count). The van der Waals surface area contributed by atoms with Gasteiger partial charge in [0.05, 0.1) is 11.6 Å². The van der Waals surface area contributed by atoms with E-state index in [9.17, 15) is 4.79 Å². The van der Waals surface area contributed by atoms with Crippen molar-refractivity contribution in [3.8, 4) is 0 Å². The van der Waals surface area contributed by atoms with Crippen LogP contribution in [0.4, 0.5) is 5.69 Å². The summed E-state index contributed by atoms with van der Waals surface area (Å²) in [6.07, 6.45) is 0. The van der Waals surface area contributed by atoms with Gasteiger partial charge in [-0.15, -0.1) is 0 Å². The zero-order valence-corrected chi connectivity index (χ0v) is 13.2. The average Bonchev–Trinajstić information content (AvgIpc) is 2.41. The van der Waals surface area contributed by atoms with Gasteiger partial charge in [-0.3, -0.25) is 4.79 Å². The van der Waals surface area contributed by atoms with E-state index >= 15 is 0 Å². The quantitative estimate of drug-likeness (QED) is 0.813. The summed E-state index contributed by atoms with van der Waals surface area (Å²) in [6.45, 7) is 1.89. The van der Waals surface area contributed by atoms with Crippen LogP contribution in [0.5, 0.6) is 0 Å². The number of amides is 1. The van der Waals surface area contributed by atoms with Gasteiger partial charge in [-0.2, -0.15) is 0 Å². The van der Waals surface area contributed by atoms with Gasteiger partial charge < -0.3 is 11.1 Å². The highest BCUT2D eigenvalue weighted by atomic mass is 79.9. The maximum atomic E-state index is 12.3. The van der Waals surface area contributed by atoms with Gasteiger partial charge in [-0.25, -0.2) is 0 Å². The summed E-state index contributed by atoms with van der Waals surface area (Å²) in [7, 11) is 0. The van der Waals surface area contributed by atoms with Crippen LogP contribution in [0.15, 0.2) is 46.9 Å². The van der Waals surface area contributed by atoms with Crippen LogP contribution in [0.1, 0.15) is 28.9 Å². The lowest BCUT2D eigenvalue weighted by molar-refractivity contribution is 0.0939. The summed E-state index contributed by atoms with van der Waals surface area (Å²) in [5.74, 6) is -0.199. The van der Waals surface area contributed by atoms with Gasteiger partial charge in [0.1, 0.15) is 0 Å². The van der Waals surface area contributed by atoms with Crippen molar-refractivity contribution in [2.45, 2.75) is 13.0 Å². The number of hydrogen-bond acceptors (Lipinski definition) is 2. The van der Waals surface area contributed by atoms with E-state index in [1.807, 2.05) is 31.2 Å². The van der Waals surface area contributed by atoms with E-state index in [2.05, 4.69) is 21.2 Å². The third kappa shape index (κ3) is 3.32. The van der Waals surface area contributed by atoms with E-state index in [4.69, 9.17) is 17.3 Å². The van der Waals surface area contributed by atoms with Crippen LogP contribution in [-0.4, -0.2) is 5.91 Å². The Bertz CT molecular complexity index is 646. The Hall–Kier alpha value is -1.52. The van der Waals surface area contributed by atoms with Crippen LogP contribution in [0.3, 0.4) is 0 Å². The fourth-order valence-corrected chi connectivity index (χ4v) is 2.53. The van der Waals surface area contributed by atoms with Crippen LogP contribution in [0.25, 0.3) is 0 Å². The van der Waals surface area contributed by atoms with Crippen LogP contribution < -0.4 is 11.1 Å². The van der Waals surface area contributed by atoms with Crippen molar-refractivity contribution in [3.63, 3.8) is 0 Å². The number of nitrogen functional groups attached to an aromatic ring is 1. The van der Waals surface area contributed by atoms with Crippen LogP contribution >= 0.6 is 27.5 Å². The van der Waals surface area contributed by atoms with Crippen LogP contribution in [0.2, 0.25) is 5.02 Å². The third-order valence-electron chi connectivity index (χ3n) is 2.98. The van der Waals surface area contributed by atoms with E-state index in [0.717, 1.165) is 5.56 Å². The second kappa shape index (κ2) is 6.29. The number of halogens is 2. The molecular weight excluding hydrogens is 340 g/mol. The van der Waals surface area contributed by atoms with E-state index in [0.29, 0.717) is 20.7 Å². The monoisotopic (exact) mass is 352 g/mol. The first-order valence-electron chi connectivity index (χ1n) is 6.09. The highest BCUT2D eigenvalue weighted by Crippen LogP contribution is 2.23. The summed E-state index contributed by atoms with van der Waals surface area (Å²) in [6, 6.07) is 12.4. The van der Waals surface area contributed by atoms with Crippen LogP contribution in [0, 0.1) is 0 Å². The van der Waals surface area contributed by atoms with Gasteiger partial charge in [0.25, 0.3) is 5.91 Å². The van der Waals surface area contributed by atoms with Gasteiger partial charge in [-0.1, -0.05) is 29.8 Å². The first kappa shape index (κ1) is 14.9. The topological polar surface area (TPSA) is 55.1 Å². The van der Waals surface area contributed by atoms with Gasteiger partial charge in [-0.05, 0) is 52.7 Å². The number of carbonyl (C=O) groups excluding carboxylic acids is 1. The smallest absolute Gasteiger partial charge is 0.252 e. The molecule has 0 saturated carbocycles. The minimum atomic E-state index is -0.199. The number of para-hydroxylation sites is 1. The Balaban J connectivity index is 2.20. The molecule has 1 amide bonds. The van der Waals surface area contributed by atoms with Crippen molar-refractivity contribution in [3.05, 3.63) is 63.1 Å². The standard InChI is InChI=1S/C15H14BrClN2O/c1-9(11-4-2-3-5-14(11)18)19-15(20)12-8-10(17)6-7-13(12)16/h2-9H,18H2,1H3,(H,19,20). The van der Waals surface area contributed by atoms with Gasteiger partial charge >= 0.3 is 0 Å². The number of hydrogen-bond donors (Lipinski definition) is 2. The average molecular weight is 354 g/mol. The molecule has 20 heavy (non-hydrogen) atoms. The first-order valence-corrected chi connectivity index (χ1v) is 7.26. The Morgan fingerprint density at radius 2 is 2.00 bits per heavy atom. The summed E-state index contributed by atoms with van der Waals surface area (Å²) in [4.78, 5) is 12.3. The van der Waals surface area contributed by atoms with E-state index in [1.54, 1.807) is 18.2 Å². The number of nitrogens with two attached hydrogens (primary N) is 1. The van der Waals surface area contributed by atoms with Crippen molar-refractivity contribution < 1.29 is 4.79 Å². The van der Waals surface area contributed by atoms with Gasteiger partial charge in [0.15, 0.2) is 0 Å². The van der Waals surface area contributed by atoms with Crippen molar-refractivity contribution in [1.29, 1.82) is 0 Å². The van der Waals surface area contributed by atoms with Crippen molar-refractivity contribution >= 4 is 39.1 Å². The molecule has 0 heterocycles. The van der Waals surface area contributed by atoms with Gasteiger partial charge in [0, 0.05) is 15.2 Å². The molecule has 0 fully saturated rings. The predicted molar refractivity (Wildman–Crippen MR) is 85.9 cm³/mol. The number of rotatable bonds is 3. The van der Waals surface area contributed by atoms with E-state index in [1.165, 1.54) is 0 Å². The third-order valence-corrected chi connectivity index (χ3v) is 3.91. The fraction of sp³-hybridized carbons (Fsp3) is 0.133. The molecule has 3 N–H and O–H groups in total.